The molecule has 0 atom stereocenters. The summed E-state index contributed by atoms with van der Waals surface area (Å²) in [6.07, 6.45) is 0. The molecule has 3 N–H and O–H groups in total. The number of hydrogen-bond acceptors (Lipinski definition) is 6. The van der Waals surface area contributed by atoms with Crippen molar-refractivity contribution < 1.29 is 14.5 Å². The molecule has 0 aliphatic heterocycles. The first-order chi connectivity index (χ1) is 14.4. The molecule has 0 bridgehead atoms. The van der Waals surface area contributed by atoms with E-state index in [1.807, 2.05) is 0 Å². The molecule has 0 saturated heterocycles. The number of fused-ring (bicyclic) bond motifs is 1. The van der Waals surface area contributed by atoms with E-state index in [4.69, 9.17) is 11.6 Å². The van der Waals surface area contributed by atoms with Crippen molar-refractivity contribution in [3.05, 3.63) is 80.9 Å². The standard InChI is InChI=1S/C19H12ClN5O4S/c20-12-4-1-10(2-5-12)18(26)23-24-19(27)11-3-6-13-14(9-11)22-17(21-13)15-7-8-16(30-15)25(28)29/h1-9H,(H,21,22)(H,23,26)(H,24,27). The number of amides is 2. The number of aromatic nitrogens is 2. The van der Waals surface area contributed by atoms with E-state index in [2.05, 4.69) is 20.8 Å². The van der Waals surface area contributed by atoms with Gasteiger partial charge in [0, 0.05) is 22.2 Å². The normalized spacial score (nSPS) is 10.7. The first kappa shape index (κ1) is 19.6. The smallest absolute Gasteiger partial charge is 0.324 e. The molecule has 30 heavy (non-hydrogen) atoms. The molecule has 4 rings (SSSR count). The van der Waals surface area contributed by atoms with E-state index in [1.54, 1.807) is 36.4 Å². The molecule has 150 valence electrons. The highest BCUT2D eigenvalue weighted by molar-refractivity contribution is 7.18. The molecule has 0 aliphatic rings. The summed E-state index contributed by atoms with van der Waals surface area (Å²) in [5.74, 6) is -0.525. The molecule has 11 heteroatoms. The van der Waals surface area contributed by atoms with Gasteiger partial charge in [-0.25, -0.2) is 4.98 Å². The van der Waals surface area contributed by atoms with E-state index in [0.717, 1.165) is 11.3 Å². The first-order valence-corrected chi connectivity index (χ1v) is 9.71. The van der Waals surface area contributed by atoms with Crippen LogP contribution in [0.5, 0.6) is 0 Å². The van der Waals surface area contributed by atoms with Crippen LogP contribution in [0.1, 0.15) is 20.7 Å². The van der Waals surface area contributed by atoms with Crippen LogP contribution in [0, 0.1) is 10.1 Å². The maximum absolute atomic E-state index is 12.4. The predicted molar refractivity (Wildman–Crippen MR) is 112 cm³/mol. The zero-order valence-corrected chi connectivity index (χ0v) is 16.6. The SMILES string of the molecule is O=C(NNC(=O)c1ccc2nc(-c3ccc([N+](=O)[O-])s3)[nH]c2c1)c1ccc(Cl)cc1. The van der Waals surface area contributed by atoms with Gasteiger partial charge in [-0.1, -0.05) is 22.9 Å². The third kappa shape index (κ3) is 4.00. The van der Waals surface area contributed by atoms with Gasteiger partial charge >= 0.3 is 5.00 Å². The second kappa shape index (κ2) is 7.93. The third-order valence-electron chi connectivity index (χ3n) is 4.15. The van der Waals surface area contributed by atoms with Crippen molar-refractivity contribution in [3.63, 3.8) is 0 Å². The van der Waals surface area contributed by atoms with E-state index in [1.165, 1.54) is 18.2 Å². The van der Waals surface area contributed by atoms with Gasteiger partial charge in [-0.2, -0.15) is 0 Å². The van der Waals surface area contributed by atoms with E-state index in [9.17, 15) is 19.7 Å². The van der Waals surface area contributed by atoms with Gasteiger partial charge in [-0.05, 0) is 48.5 Å². The molecule has 0 saturated carbocycles. The van der Waals surface area contributed by atoms with Crippen molar-refractivity contribution in [2.45, 2.75) is 0 Å². The van der Waals surface area contributed by atoms with Gasteiger partial charge in [0.05, 0.1) is 20.8 Å². The van der Waals surface area contributed by atoms with E-state index >= 15 is 0 Å². The van der Waals surface area contributed by atoms with Crippen molar-refractivity contribution >= 4 is 50.8 Å². The predicted octanol–water partition coefficient (Wildman–Crippen LogP) is 3.93. The molecule has 2 amide bonds. The Morgan fingerprint density at radius 2 is 1.67 bits per heavy atom. The molecule has 4 aromatic rings. The molecule has 0 unspecified atom stereocenters. The Hall–Kier alpha value is -3.76. The van der Waals surface area contributed by atoms with Crippen LogP contribution in [0.25, 0.3) is 21.7 Å². The number of nitrogens with zero attached hydrogens (tertiary/aromatic N) is 2. The lowest BCUT2D eigenvalue weighted by molar-refractivity contribution is -0.380. The minimum atomic E-state index is -0.512. The third-order valence-corrected chi connectivity index (χ3v) is 5.44. The topological polar surface area (TPSA) is 130 Å². The van der Waals surface area contributed by atoms with Crippen LogP contribution in [-0.2, 0) is 0 Å². The number of carbonyl (C=O) groups excluding carboxylic acids is 2. The largest absolute Gasteiger partial charge is 0.337 e. The zero-order valence-electron chi connectivity index (χ0n) is 15.0. The van der Waals surface area contributed by atoms with E-state index in [-0.39, 0.29) is 5.00 Å². The minimum Gasteiger partial charge on any atom is -0.337 e. The van der Waals surface area contributed by atoms with Gasteiger partial charge in [-0.3, -0.25) is 30.6 Å². The monoisotopic (exact) mass is 441 g/mol. The Morgan fingerprint density at radius 1 is 1.00 bits per heavy atom. The first-order valence-electron chi connectivity index (χ1n) is 8.51. The number of nitro groups is 1. The average molecular weight is 442 g/mol. The summed E-state index contributed by atoms with van der Waals surface area (Å²) in [6, 6.07) is 14.0. The van der Waals surface area contributed by atoms with Gasteiger partial charge in [-0.15, -0.1) is 0 Å². The number of aromatic amines is 1. The number of nitrogens with one attached hydrogen (secondary N) is 3. The van der Waals surface area contributed by atoms with Crippen LogP contribution in [0.4, 0.5) is 5.00 Å². The lowest BCUT2D eigenvalue weighted by Gasteiger charge is -2.07. The summed E-state index contributed by atoms with van der Waals surface area (Å²) in [4.78, 5) is 42.9. The number of rotatable bonds is 4. The Morgan fingerprint density at radius 3 is 2.33 bits per heavy atom. The summed E-state index contributed by atoms with van der Waals surface area (Å²) in [6.45, 7) is 0. The highest BCUT2D eigenvalue weighted by Gasteiger charge is 2.15. The zero-order chi connectivity index (χ0) is 21.3. The number of H-pyrrole nitrogens is 1. The second-order valence-corrected chi connectivity index (χ2v) is 7.63. The summed E-state index contributed by atoms with van der Waals surface area (Å²) in [5.41, 5.74) is 6.52. The highest BCUT2D eigenvalue weighted by Crippen LogP contribution is 2.32. The highest BCUT2D eigenvalue weighted by atomic mass is 35.5. The van der Waals surface area contributed by atoms with E-state index < -0.39 is 16.7 Å². The summed E-state index contributed by atoms with van der Waals surface area (Å²) < 4.78 is 0. The van der Waals surface area contributed by atoms with Crippen molar-refractivity contribution in [1.29, 1.82) is 0 Å². The van der Waals surface area contributed by atoms with Gasteiger partial charge in [0.25, 0.3) is 11.8 Å². The molecule has 9 nitrogen and oxygen atoms in total. The number of hydrogen-bond donors (Lipinski definition) is 3. The molecule has 2 heterocycles. The maximum atomic E-state index is 12.4. The van der Waals surface area contributed by atoms with Crippen LogP contribution < -0.4 is 10.9 Å². The molecular weight excluding hydrogens is 430 g/mol. The van der Waals surface area contributed by atoms with Gasteiger partial charge in [0.1, 0.15) is 5.82 Å². The van der Waals surface area contributed by atoms with Crippen LogP contribution in [-0.4, -0.2) is 26.7 Å². The lowest BCUT2D eigenvalue weighted by Crippen LogP contribution is -2.41. The summed E-state index contributed by atoms with van der Waals surface area (Å²) >= 11 is 6.79. The molecule has 0 aliphatic carbocycles. The van der Waals surface area contributed by atoms with Crippen molar-refractivity contribution in [3.8, 4) is 10.7 Å². The van der Waals surface area contributed by atoms with Crippen molar-refractivity contribution in [2.75, 3.05) is 0 Å². The summed E-state index contributed by atoms with van der Waals surface area (Å²) in [5, 5.41) is 11.4. The Bertz CT molecular complexity index is 1280. The molecule has 0 radical (unpaired) electrons. The van der Waals surface area contributed by atoms with Crippen molar-refractivity contribution in [1.82, 2.24) is 20.8 Å². The number of benzene rings is 2. The number of hydrazine groups is 1. The van der Waals surface area contributed by atoms with Crippen LogP contribution in [0.2, 0.25) is 5.02 Å². The molecule has 0 spiro atoms. The number of imidazole rings is 1. The molecular formula is C19H12ClN5O4S. The minimum absolute atomic E-state index is 0.0157. The number of carbonyl (C=O) groups is 2. The Kier molecular flexibility index (Phi) is 5.17. The number of halogens is 1. The molecule has 2 aromatic carbocycles. The lowest BCUT2D eigenvalue weighted by atomic mass is 10.2. The number of thiophene rings is 1. The van der Waals surface area contributed by atoms with Gasteiger partial charge < -0.3 is 4.98 Å². The fraction of sp³-hybridized carbons (Fsp3) is 0. The van der Waals surface area contributed by atoms with Gasteiger partial charge in [0.15, 0.2) is 0 Å². The quantitative estimate of drug-likeness (QED) is 0.326. The fourth-order valence-corrected chi connectivity index (χ4v) is 3.57. The maximum Gasteiger partial charge on any atom is 0.324 e. The molecule has 2 aromatic heterocycles. The van der Waals surface area contributed by atoms with Crippen LogP contribution in [0.3, 0.4) is 0 Å². The second-order valence-electron chi connectivity index (χ2n) is 6.13. The summed E-state index contributed by atoms with van der Waals surface area (Å²) in [7, 11) is 0. The Labute approximate surface area is 177 Å². The fourth-order valence-electron chi connectivity index (χ4n) is 2.68. The van der Waals surface area contributed by atoms with E-state index in [0.29, 0.717) is 37.9 Å². The van der Waals surface area contributed by atoms with Crippen LogP contribution in [0.15, 0.2) is 54.6 Å². The van der Waals surface area contributed by atoms with Gasteiger partial charge in [0.2, 0.25) is 0 Å². The van der Waals surface area contributed by atoms with Crippen LogP contribution >= 0.6 is 22.9 Å². The molecule has 0 fully saturated rings. The van der Waals surface area contributed by atoms with Crippen molar-refractivity contribution in [2.24, 2.45) is 0 Å². The Balaban J connectivity index is 1.48. The average Bonchev–Trinajstić information content (AvgIpc) is 3.38.